The predicted molar refractivity (Wildman–Crippen MR) is 139 cm³/mol. The van der Waals surface area contributed by atoms with Crippen LogP contribution in [0, 0.1) is 10.8 Å². The molecule has 0 aromatic heterocycles. The third kappa shape index (κ3) is 5.26. The van der Waals surface area contributed by atoms with Gasteiger partial charge in [0.15, 0.2) is 0 Å². The number of esters is 2. The van der Waals surface area contributed by atoms with Crippen LogP contribution in [0.4, 0.5) is 0 Å². The summed E-state index contributed by atoms with van der Waals surface area (Å²) in [5.41, 5.74) is -1.09. The second kappa shape index (κ2) is 11.3. The first kappa shape index (κ1) is 29.6. The van der Waals surface area contributed by atoms with Gasteiger partial charge >= 0.3 is 11.9 Å². The van der Waals surface area contributed by atoms with Gasteiger partial charge in [-0.3, -0.25) is 0 Å². The number of rotatable bonds is 10. The molecule has 1 spiro atoms. The van der Waals surface area contributed by atoms with Crippen molar-refractivity contribution in [3.05, 3.63) is 47.6 Å². The number of hydrogen-bond acceptors (Lipinski definition) is 10. The van der Waals surface area contributed by atoms with Crippen LogP contribution in [0.2, 0.25) is 0 Å². The molecule has 4 rings (SSSR count). The zero-order valence-corrected chi connectivity index (χ0v) is 22.9. The van der Waals surface area contributed by atoms with Gasteiger partial charge in [-0.2, -0.15) is 0 Å². The maximum absolute atomic E-state index is 12.9. The van der Waals surface area contributed by atoms with Crippen LogP contribution < -0.4 is 0 Å². The van der Waals surface area contributed by atoms with E-state index in [-0.39, 0.29) is 25.7 Å². The van der Waals surface area contributed by atoms with E-state index in [2.05, 4.69) is 0 Å². The highest BCUT2D eigenvalue weighted by Crippen LogP contribution is 2.72. The normalized spacial score (nSPS) is 39.0. The van der Waals surface area contributed by atoms with Crippen LogP contribution >= 0.6 is 0 Å². The average Bonchev–Trinajstić information content (AvgIpc) is 3.65. The maximum Gasteiger partial charge on any atom is 0.331 e. The number of aliphatic hydroxyl groups is 4. The fourth-order valence-electron chi connectivity index (χ4n) is 6.48. The molecule has 9 atom stereocenters. The minimum Gasteiger partial charge on any atom is -0.462 e. The summed E-state index contributed by atoms with van der Waals surface area (Å²) in [5, 5.41) is 39.2. The lowest BCUT2D eigenvalue weighted by atomic mass is 9.51. The monoisotopic (exact) mass is 548 g/mol. The summed E-state index contributed by atoms with van der Waals surface area (Å²) in [5.74, 6) is -1.16. The van der Waals surface area contributed by atoms with E-state index in [1.807, 2.05) is 19.9 Å². The first-order valence-corrected chi connectivity index (χ1v) is 13.4. The topological polar surface area (TPSA) is 155 Å². The Kier molecular flexibility index (Phi) is 8.56. The summed E-state index contributed by atoms with van der Waals surface area (Å²) in [7, 11) is 0. The molecular formula is C29H40O10. The predicted octanol–water partition coefficient (Wildman–Crippen LogP) is 1.27. The maximum atomic E-state index is 12.9. The lowest BCUT2D eigenvalue weighted by Gasteiger charge is -2.58. The Hall–Kier alpha value is -2.34. The van der Waals surface area contributed by atoms with Gasteiger partial charge in [0.05, 0.1) is 42.5 Å². The minimum absolute atomic E-state index is 0.0799. The van der Waals surface area contributed by atoms with E-state index < -0.39 is 58.9 Å². The van der Waals surface area contributed by atoms with Gasteiger partial charge in [-0.1, -0.05) is 36.8 Å². The van der Waals surface area contributed by atoms with Crippen LogP contribution in [0.15, 0.2) is 47.6 Å². The molecule has 4 N–H and O–H groups in total. The lowest BCUT2D eigenvalue weighted by Crippen LogP contribution is -2.68. The first-order valence-electron chi connectivity index (χ1n) is 13.4. The first-order chi connectivity index (χ1) is 18.4. The third-order valence-corrected chi connectivity index (χ3v) is 9.06. The van der Waals surface area contributed by atoms with Crippen LogP contribution in [0.5, 0.6) is 0 Å². The van der Waals surface area contributed by atoms with Crippen molar-refractivity contribution in [2.75, 3.05) is 19.8 Å². The molecule has 2 heterocycles. The lowest BCUT2D eigenvalue weighted by molar-refractivity contribution is -0.238. The third-order valence-electron chi connectivity index (χ3n) is 9.06. The summed E-state index contributed by atoms with van der Waals surface area (Å²) in [6, 6.07) is 0. The molecule has 2 aliphatic carbocycles. The van der Waals surface area contributed by atoms with E-state index >= 15 is 0 Å². The number of allylic oxidation sites excluding steroid dienone is 2. The SMILES string of the molecule is CC1=C[C@H]2O[C@@H]3C[C@@H](OC(=O)/C=C\C=C\[C@@H](O)[C@@H](C)O)[C@](C)([C@@]2(COC(=O)/C=C(\C)CCO)C[C@@H]1O)[C@]31CO1. The highest BCUT2D eigenvalue weighted by molar-refractivity contribution is 5.83. The van der Waals surface area contributed by atoms with Crippen molar-refractivity contribution in [3.63, 3.8) is 0 Å². The average molecular weight is 549 g/mol. The van der Waals surface area contributed by atoms with Crippen molar-refractivity contribution in [2.45, 2.75) is 89.2 Å². The standard InChI is InChI=1S/C29H40O10/c1-17(9-10-30)11-26(35)36-15-28-14-21(33)18(2)12-23(28)38-24-13-22(27(28,4)29(24)16-37-29)39-25(34)8-6-5-7-20(32)19(3)31/h5-8,11-12,19-24,30-33H,9-10,13-16H2,1-4H3/b7-5+,8-6-,17-11+/t19-,20-,21+,22-,23-,24-,27-,28-,29+/m1/s1. The van der Waals surface area contributed by atoms with E-state index in [4.69, 9.17) is 24.1 Å². The van der Waals surface area contributed by atoms with Crippen LogP contribution in [-0.2, 0) is 28.5 Å². The van der Waals surface area contributed by atoms with Crippen molar-refractivity contribution in [1.82, 2.24) is 0 Å². The molecule has 2 saturated heterocycles. The number of hydrogen-bond donors (Lipinski definition) is 4. The van der Waals surface area contributed by atoms with Crippen LogP contribution in [0.3, 0.4) is 0 Å². The Bertz CT molecular complexity index is 1070. The van der Waals surface area contributed by atoms with Gasteiger partial charge in [0.2, 0.25) is 0 Å². The zero-order valence-electron chi connectivity index (χ0n) is 22.9. The van der Waals surface area contributed by atoms with Crippen LogP contribution in [0.1, 0.15) is 47.0 Å². The van der Waals surface area contributed by atoms with Gasteiger partial charge in [0.1, 0.15) is 18.3 Å². The summed E-state index contributed by atoms with van der Waals surface area (Å²) < 4.78 is 24.3. The Labute approximate surface area is 228 Å². The van der Waals surface area contributed by atoms with E-state index in [0.29, 0.717) is 25.0 Å². The molecular weight excluding hydrogens is 508 g/mol. The summed E-state index contributed by atoms with van der Waals surface area (Å²) in [4.78, 5) is 25.6. The molecule has 0 radical (unpaired) electrons. The molecule has 0 aromatic rings. The van der Waals surface area contributed by atoms with Crippen molar-refractivity contribution < 1.29 is 49.0 Å². The molecule has 2 bridgehead atoms. The highest BCUT2D eigenvalue weighted by atomic mass is 16.6. The van der Waals surface area contributed by atoms with Gasteiger partial charge in [0.25, 0.3) is 0 Å². The van der Waals surface area contributed by atoms with Crippen molar-refractivity contribution in [1.29, 1.82) is 0 Å². The van der Waals surface area contributed by atoms with E-state index in [9.17, 15) is 24.9 Å². The highest BCUT2D eigenvalue weighted by Gasteiger charge is 2.83. The molecule has 10 nitrogen and oxygen atoms in total. The Morgan fingerprint density at radius 1 is 1.26 bits per heavy atom. The Morgan fingerprint density at radius 3 is 2.62 bits per heavy atom. The quantitative estimate of drug-likeness (QED) is 0.103. The van der Waals surface area contributed by atoms with Crippen molar-refractivity contribution in [3.8, 4) is 0 Å². The molecule has 1 saturated carbocycles. The molecule has 4 aliphatic rings. The van der Waals surface area contributed by atoms with Crippen molar-refractivity contribution >= 4 is 11.9 Å². The number of fused-ring (bicyclic) bond motifs is 2. The van der Waals surface area contributed by atoms with Gasteiger partial charge in [-0.15, -0.1) is 0 Å². The fourth-order valence-corrected chi connectivity index (χ4v) is 6.48. The second-order valence-electron chi connectivity index (χ2n) is 11.4. The van der Waals surface area contributed by atoms with Crippen molar-refractivity contribution in [2.24, 2.45) is 10.8 Å². The molecule has 2 aliphatic heterocycles. The van der Waals surface area contributed by atoms with E-state index in [1.54, 1.807) is 6.92 Å². The van der Waals surface area contributed by atoms with Gasteiger partial charge in [0, 0.05) is 30.6 Å². The van der Waals surface area contributed by atoms with Crippen LogP contribution in [0.25, 0.3) is 0 Å². The number of carbonyl (C=O) groups excluding carboxylic acids is 2. The fraction of sp³-hybridized carbons (Fsp3) is 0.655. The molecule has 10 heteroatoms. The van der Waals surface area contributed by atoms with E-state index in [0.717, 1.165) is 5.57 Å². The molecule has 39 heavy (non-hydrogen) atoms. The number of carbonyl (C=O) groups is 2. The number of ether oxygens (including phenoxy) is 4. The summed E-state index contributed by atoms with van der Waals surface area (Å²) in [6.45, 7) is 7.22. The molecule has 3 fully saturated rings. The zero-order chi connectivity index (χ0) is 28.6. The molecule has 0 aromatic carbocycles. The molecule has 216 valence electrons. The van der Waals surface area contributed by atoms with Gasteiger partial charge < -0.3 is 39.4 Å². The van der Waals surface area contributed by atoms with E-state index in [1.165, 1.54) is 37.3 Å². The van der Waals surface area contributed by atoms with Crippen LogP contribution in [-0.4, -0.2) is 94.4 Å². The Morgan fingerprint density at radius 2 is 1.97 bits per heavy atom. The summed E-state index contributed by atoms with van der Waals surface area (Å²) >= 11 is 0. The minimum atomic E-state index is -1.06. The smallest absolute Gasteiger partial charge is 0.331 e. The second-order valence-corrected chi connectivity index (χ2v) is 11.4. The summed E-state index contributed by atoms with van der Waals surface area (Å²) in [6.07, 6.45) is 5.37. The largest absolute Gasteiger partial charge is 0.462 e. The van der Waals surface area contributed by atoms with Gasteiger partial charge in [-0.25, -0.2) is 9.59 Å². The number of aliphatic hydroxyl groups excluding tert-OH is 4. The Balaban J connectivity index is 1.62. The van der Waals surface area contributed by atoms with Gasteiger partial charge in [-0.05, 0) is 39.2 Å². The number of epoxide rings is 1. The molecule has 0 amide bonds. The molecule has 0 unspecified atom stereocenters.